The average molecular weight is 304 g/mol. The number of hydrogen-bond donors (Lipinski definition) is 1. The smallest absolute Gasteiger partial charge is 0.104 e. The Morgan fingerprint density at radius 1 is 1.27 bits per heavy atom. The van der Waals surface area contributed by atoms with E-state index in [0.29, 0.717) is 0 Å². The Balaban J connectivity index is 1.65. The Bertz CT molecular complexity index is 562. The Hall–Kier alpha value is -0.940. The lowest BCUT2D eigenvalue weighted by Gasteiger charge is -2.42. The zero-order chi connectivity index (χ0) is 15.4. The van der Waals surface area contributed by atoms with Gasteiger partial charge in [0.2, 0.25) is 0 Å². The van der Waals surface area contributed by atoms with Gasteiger partial charge >= 0.3 is 0 Å². The van der Waals surface area contributed by atoms with Crippen molar-refractivity contribution < 1.29 is 19.3 Å². The minimum absolute atomic E-state index is 0.105. The molecule has 1 aliphatic carbocycles. The van der Waals surface area contributed by atoms with Gasteiger partial charge in [0.25, 0.3) is 0 Å². The molecule has 1 saturated carbocycles. The molecule has 2 saturated heterocycles. The highest BCUT2D eigenvalue weighted by Gasteiger charge is 2.69. The molecule has 4 nitrogen and oxygen atoms in total. The van der Waals surface area contributed by atoms with Crippen LogP contribution in [0.3, 0.4) is 0 Å². The van der Waals surface area contributed by atoms with Gasteiger partial charge in [0.15, 0.2) is 0 Å². The number of benzene rings is 1. The van der Waals surface area contributed by atoms with E-state index >= 15 is 0 Å². The maximum atomic E-state index is 10.4. The fraction of sp³-hybridized carbons (Fsp3) is 0.667. The van der Waals surface area contributed by atoms with Crippen LogP contribution in [-0.2, 0) is 20.6 Å². The predicted octanol–water partition coefficient (Wildman–Crippen LogP) is 1.86. The minimum Gasteiger partial charge on any atom is -0.390 e. The van der Waals surface area contributed by atoms with Gasteiger partial charge < -0.3 is 19.3 Å². The first-order valence-corrected chi connectivity index (χ1v) is 8.14. The van der Waals surface area contributed by atoms with E-state index in [-0.39, 0.29) is 23.2 Å². The van der Waals surface area contributed by atoms with Crippen LogP contribution in [0.2, 0.25) is 0 Å². The largest absolute Gasteiger partial charge is 0.390 e. The summed E-state index contributed by atoms with van der Waals surface area (Å²) >= 11 is 0. The van der Waals surface area contributed by atoms with Crippen LogP contribution >= 0.6 is 0 Å². The summed E-state index contributed by atoms with van der Waals surface area (Å²) < 4.78 is 17.5. The SMILES string of the molecule is COC1C(O)CCC2(CO2)C1C1(Cc2ccccc2C)CO1. The Labute approximate surface area is 131 Å². The maximum absolute atomic E-state index is 10.4. The molecule has 0 radical (unpaired) electrons. The molecule has 0 aromatic heterocycles. The fourth-order valence-electron chi connectivity index (χ4n) is 4.34. The highest BCUT2D eigenvalue weighted by Crippen LogP contribution is 2.57. The van der Waals surface area contributed by atoms with Crippen LogP contribution in [0.15, 0.2) is 24.3 Å². The predicted molar refractivity (Wildman–Crippen MR) is 81.8 cm³/mol. The van der Waals surface area contributed by atoms with Crippen LogP contribution in [-0.4, -0.2) is 48.8 Å². The van der Waals surface area contributed by atoms with Gasteiger partial charge in [-0.3, -0.25) is 0 Å². The van der Waals surface area contributed by atoms with Crippen molar-refractivity contribution in [2.45, 2.75) is 49.6 Å². The van der Waals surface area contributed by atoms with Crippen LogP contribution in [0.4, 0.5) is 0 Å². The summed E-state index contributed by atoms with van der Waals surface area (Å²) in [5.74, 6) is 0.105. The van der Waals surface area contributed by atoms with Gasteiger partial charge in [-0.15, -0.1) is 0 Å². The van der Waals surface area contributed by atoms with Crippen molar-refractivity contribution in [3.05, 3.63) is 35.4 Å². The van der Waals surface area contributed by atoms with Gasteiger partial charge in [0.1, 0.15) is 5.60 Å². The van der Waals surface area contributed by atoms with Crippen molar-refractivity contribution in [3.8, 4) is 0 Å². The summed E-state index contributed by atoms with van der Waals surface area (Å²) in [6, 6.07) is 8.44. The molecule has 1 aromatic rings. The molecule has 3 aliphatic rings. The number of rotatable bonds is 4. The molecule has 0 amide bonds. The molecule has 120 valence electrons. The summed E-state index contributed by atoms with van der Waals surface area (Å²) in [7, 11) is 1.69. The van der Waals surface area contributed by atoms with E-state index in [2.05, 4.69) is 31.2 Å². The first-order chi connectivity index (χ1) is 10.6. The number of ether oxygens (including phenoxy) is 3. The second-order valence-electron chi connectivity index (χ2n) is 7.09. The van der Waals surface area contributed by atoms with Gasteiger partial charge in [0, 0.05) is 13.5 Å². The standard InChI is InChI=1S/C18H24O4/c1-12-5-3-4-6-13(12)9-18(11-22-18)16-15(20-2)14(19)7-8-17(16)10-21-17/h3-6,14-16,19H,7-11H2,1-2H3. The zero-order valence-corrected chi connectivity index (χ0v) is 13.2. The Morgan fingerprint density at radius 2 is 2.00 bits per heavy atom. The third kappa shape index (κ3) is 2.21. The van der Waals surface area contributed by atoms with Crippen molar-refractivity contribution in [1.82, 2.24) is 0 Å². The number of hydrogen-bond acceptors (Lipinski definition) is 4. The molecule has 3 fully saturated rings. The summed E-state index contributed by atoms with van der Waals surface area (Å²) in [5, 5.41) is 10.4. The van der Waals surface area contributed by atoms with Gasteiger partial charge in [0.05, 0.1) is 36.9 Å². The van der Waals surface area contributed by atoms with Gasteiger partial charge in [-0.05, 0) is 30.9 Å². The Morgan fingerprint density at radius 3 is 2.59 bits per heavy atom. The zero-order valence-electron chi connectivity index (χ0n) is 13.2. The second kappa shape index (κ2) is 5.03. The lowest BCUT2D eigenvalue weighted by atomic mass is 9.67. The molecule has 5 atom stereocenters. The van der Waals surface area contributed by atoms with Crippen molar-refractivity contribution in [3.63, 3.8) is 0 Å². The van der Waals surface area contributed by atoms with Crippen molar-refractivity contribution in [2.75, 3.05) is 20.3 Å². The Kier molecular flexibility index (Phi) is 3.35. The van der Waals surface area contributed by atoms with E-state index in [0.717, 1.165) is 32.5 Å². The van der Waals surface area contributed by atoms with Crippen LogP contribution < -0.4 is 0 Å². The first kappa shape index (κ1) is 14.6. The topological polar surface area (TPSA) is 54.5 Å². The van der Waals surface area contributed by atoms with E-state index in [4.69, 9.17) is 14.2 Å². The highest BCUT2D eigenvalue weighted by atomic mass is 16.6. The monoisotopic (exact) mass is 304 g/mol. The molecular formula is C18H24O4. The van der Waals surface area contributed by atoms with Crippen LogP contribution in [0.25, 0.3) is 0 Å². The molecule has 22 heavy (non-hydrogen) atoms. The molecular weight excluding hydrogens is 280 g/mol. The quantitative estimate of drug-likeness (QED) is 0.863. The van der Waals surface area contributed by atoms with Crippen LogP contribution in [0.5, 0.6) is 0 Å². The number of aryl methyl sites for hydroxylation is 1. The van der Waals surface area contributed by atoms with E-state index in [1.807, 2.05) is 0 Å². The van der Waals surface area contributed by atoms with Gasteiger partial charge in [-0.25, -0.2) is 0 Å². The number of epoxide rings is 2. The fourth-order valence-corrected chi connectivity index (χ4v) is 4.34. The molecule has 2 heterocycles. The summed E-state index contributed by atoms with van der Waals surface area (Å²) in [6.45, 7) is 3.63. The van der Waals surface area contributed by atoms with E-state index < -0.39 is 6.10 Å². The third-order valence-corrected chi connectivity index (χ3v) is 5.76. The number of aliphatic hydroxyl groups is 1. The molecule has 1 aromatic carbocycles. The third-order valence-electron chi connectivity index (χ3n) is 5.76. The molecule has 1 spiro atoms. The van der Waals surface area contributed by atoms with Gasteiger partial charge in [-0.1, -0.05) is 24.3 Å². The van der Waals surface area contributed by atoms with Crippen molar-refractivity contribution >= 4 is 0 Å². The van der Waals surface area contributed by atoms with E-state index in [1.54, 1.807) is 7.11 Å². The summed E-state index contributed by atoms with van der Waals surface area (Å²) in [5.41, 5.74) is 2.21. The molecule has 0 bridgehead atoms. The van der Waals surface area contributed by atoms with Crippen LogP contribution in [0, 0.1) is 12.8 Å². The molecule has 4 rings (SSSR count). The molecule has 5 unspecified atom stereocenters. The van der Waals surface area contributed by atoms with Crippen molar-refractivity contribution in [1.29, 1.82) is 0 Å². The lowest BCUT2D eigenvalue weighted by molar-refractivity contribution is -0.118. The number of methoxy groups -OCH3 is 1. The van der Waals surface area contributed by atoms with Crippen LogP contribution in [0.1, 0.15) is 24.0 Å². The van der Waals surface area contributed by atoms with Gasteiger partial charge in [-0.2, -0.15) is 0 Å². The first-order valence-electron chi connectivity index (χ1n) is 8.14. The van der Waals surface area contributed by atoms with E-state index in [9.17, 15) is 5.11 Å². The molecule has 4 heteroatoms. The average Bonchev–Trinajstić information content (AvgIpc) is 3.43. The normalized spacial score (nSPS) is 43.3. The van der Waals surface area contributed by atoms with Crippen molar-refractivity contribution in [2.24, 2.45) is 5.92 Å². The summed E-state index contributed by atoms with van der Waals surface area (Å²) in [4.78, 5) is 0. The summed E-state index contributed by atoms with van der Waals surface area (Å²) in [6.07, 6.45) is 1.88. The lowest BCUT2D eigenvalue weighted by Crippen LogP contribution is -2.55. The van der Waals surface area contributed by atoms with E-state index in [1.165, 1.54) is 11.1 Å². The maximum Gasteiger partial charge on any atom is 0.104 e. The number of aliphatic hydroxyl groups excluding tert-OH is 1. The molecule has 2 aliphatic heterocycles. The second-order valence-corrected chi connectivity index (χ2v) is 7.09. The highest BCUT2D eigenvalue weighted by molar-refractivity contribution is 5.30. The molecule has 1 N–H and O–H groups in total. The minimum atomic E-state index is -0.428.